The molecule has 0 bridgehead atoms. The number of carbonyl (C=O) groups is 2. The minimum atomic E-state index is -0.342. The fourth-order valence-corrected chi connectivity index (χ4v) is 3.95. The van der Waals surface area contributed by atoms with Crippen molar-refractivity contribution in [3.8, 4) is 0 Å². The predicted octanol–water partition coefficient (Wildman–Crippen LogP) is 1.63. The number of carbonyl (C=O) groups excluding carboxylic acids is 2. The highest BCUT2D eigenvalue weighted by molar-refractivity contribution is 5.84. The Morgan fingerprint density at radius 1 is 1.13 bits per heavy atom. The van der Waals surface area contributed by atoms with E-state index in [4.69, 9.17) is 0 Å². The standard InChI is InChI=1S/C17H24N4O2/c22-16(19-13-6-1-2-7-13)15-10-20(17(23)12-4-3-5-12)9-14-8-18-11-21(14)15/h8,11-13,15H,1-7,9-10H2,(H,19,22)/t15-/m1/s1. The van der Waals surface area contributed by atoms with E-state index in [1.165, 1.54) is 12.8 Å². The first-order valence-corrected chi connectivity index (χ1v) is 8.82. The molecule has 0 unspecified atom stereocenters. The number of hydrogen-bond donors (Lipinski definition) is 1. The van der Waals surface area contributed by atoms with Gasteiger partial charge in [0.05, 0.1) is 25.1 Å². The Bertz CT molecular complexity index is 601. The number of imidazole rings is 1. The van der Waals surface area contributed by atoms with Gasteiger partial charge in [0.15, 0.2) is 0 Å². The minimum absolute atomic E-state index is 0.0299. The van der Waals surface area contributed by atoms with Gasteiger partial charge in [0.25, 0.3) is 0 Å². The summed E-state index contributed by atoms with van der Waals surface area (Å²) in [5, 5.41) is 3.17. The van der Waals surface area contributed by atoms with E-state index in [0.717, 1.165) is 37.8 Å². The molecular weight excluding hydrogens is 292 g/mol. The quantitative estimate of drug-likeness (QED) is 0.921. The number of fused-ring (bicyclic) bond motifs is 1. The highest BCUT2D eigenvalue weighted by Crippen LogP contribution is 2.31. The minimum Gasteiger partial charge on any atom is -0.352 e. The van der Waals surface area contributed by atoms with Crippen molar-refractivity contribution < 1.29 is 9.59 Å². The molecule has 1 aromatic heterocycles. The van der Waals surface area contributed by atoms with Gasteiger partial charge in [0.1, 0.15) is 6.04 Å². The number of nitrogens with zero attached hydrogens (tertiary/aromatic N) is 3. The molecule has 23 heavy (non-hydrogen) atoms. The second-order valence-electron chi connectivity index (χ2n) is 7.14. The molecule has 1 aliphatic heterocycles. The summed E-state index contributed by atoms with van der Waals surface area (Å²) in [4.78, 5) is 31.4. The molecule has 2 saturated carbocycles. The molecule has 2 amide bonds. The van der Waals surface area contributed by atoms with E-state index in [1.54, 1.807) is 12.5 Å². The Morgan fingerprint density at radius 2 is 1.91 bits per heavy atom. The Kier molecular flexibility index (Phi) is 3.83. The highest BCUT2D eigenvalue weighted by atomic mass is 16.2. The summed E-state index contributed by atoms with van der Waals surface area (Å²) in [6, 6.07) is -0.0435. The summed E-state index contributed by atoms with van der Waals surface area (Å²) < 4.78 is 1.94. The molecule has 6 nitrogen and oxygen atoms in total. The number of hydrogen-bond acceptors (Lipinski definition) is 3. The zero-order chi connectivity index (χ0) is 15.8. The van der Waals surface area contributed by atoms with Gasteiger partial charge in [0, 0.05) is 18.2 Å². The number of rotatable bonds is 3. The average Bonchev–Trinajstić information content (AvgIpc) is 3.14. The summed E-state index contributed by atoms with van der Waals surface area (Å²) >= 11 is 0. The molecular formula is C17H24N4O2. The van der Waals surface area contributed by atoms with Gasteiger partial charge in [-0.2, -0.15) is 0 Å². The lowest BCUT2D eigenvalue weighted by Crippen LogP contribution is -2.50. The van der Waals surface area contributed by atoms with E-state index in [9.17, 15) is 9.59 Å². The number of aromatic nitrogens is 2. The first kappa shape index (κ1) is 14.7. The predicted molar refractivity (Wildman–Crippen MR) is 84.4 cm³/mol. The van der Waals surface area contributed by atoms with Crippen LogP contribution in [-0.2, 0) is 16.1 Å². The van der Waals surface area contributed by atoms with Gasteiger partial charge in [-0.3, -0.25) is 9.59 Å². The molecule has 124 valence electrons. The molecule has 0 radical (unpaired) electrons. The van der Waals surface area contributed by atoms with Crippen LogP contribution >= 0.6 is 0 Å². The summed E-state index contributed by atoms with van der Waals surface area (Å²) in [6.07, 6.45) is 11.2. The van der Waals surface area contributed by atoms with Crippen LogP contribution in [-0.4, -0.2) is 38.9 Å². The molecule has 1 atom stereocenters. The Hall–Kier alpha value is -1.85. The summed E-state index contributed by atoms with van der Waals surface area (Å²) in [7, 11) is 0. The Morgan fingerprint density at radius 3 is 2.61 bits per heavy atom. The molecule has 6 heteroatoms. The highest BCUT2D eigenvalue weighted by Gasteiger charge is 2.37. The van der Waals surface area contributed by atoms with Crippen LogP contribution in [0.25, 0.3) is 0 Å². The first-order valence-electron chi connectivity index (χ1n) is 8.82. The molecule has 2 aliphatic carbocycles. The van der Waals surface area contributed by atoms with E-state index in [0.29, 0.717) is 19.1 Å². The van der Waals surface area contributed by atoms with Crippen molar-refractivity contribution in [1.82, 2.24) is 19.8 Å². The summed E-state index contributed by atoms with van der Waals surface area (Å²) in [6.45, 7) is 1.04. The van der Waals surface area contributed by atoms with Gasteiger partial charge in [-0.15, -0.1) is 0 Å². The van der Waals surface area contributed by atoms with E-state index in [-0.39, 0.29) is 23.8 Å². The maximum Gasteiger partial charge on any atom is 0.245 e. The van der Waals surface area contributed by atoms with Crippen LogP contribution in [0.5, 0.6) is 0 Å². The van der Waals surface area contributed by atoms with Crippen molar-refractivity contribution in [3.63, 3.8) is 0 Å². The molecule has 4 rings (SSSR count). The molecule has 2 fully saturated rings. The lowest BCUT2D eigenvalue weighted by molar-refractivity contribution is -0.141. The second kappa shape index (κ2) is 5.98. The largest absolute Gasteiger partial charge is 0.352 e. The maximum atomic E-state index is 12.7. The summed E-state index contributed by atoms with van der Waals surface area (Å²) in [5.74, 6) is 0.410. The third kappa shape index (κ3) is 2.75. The van der Waals surface area contributed by atoms with Crippen molar-refractivity contribution in [3.05, 3.63) is 18.2 Å². The smallest absolute Gasteiger partial charge is 0.245 e. The molecule has 1 aromatic rings. The molecule has 3 aliphatic rings. The summed E-state index contributed by atoms with van der Waals surface area (Å²) in [5.41, 5.74) is 0.954. The van der Waals surface area contributed by atoms with Crippen molar-refractivity contribution in [2.24, 2.45) is 5.92 Å². The van der Waals surface area contributed by atoms with Crippen LogP contribution in [0.4, 0.5) is 0 Å². The first-order chi connectivity index (χ1) is 11.2. The van der Waals surface area contributed by atoms with E-state index in [2.05, 4.69) is 10.3 Å². The molecule has 2 heterocycles. The fourth-order valence-electron chi connectivity index (χ4n) is 3.95. The third-order valence-electron chi connectivity index (χ3n) is 5.60. The van der Waals surface area contributed by atoms with Crippen LogP contribution in [0.2, 0.25) is 0 Å². The van der Waals surface area contributed by atoms with Gasteiger partial charge >= 0.3 is 0 Å². The maximum absolute atomic E-state index is 12.7. The van der Waals surface area contributed by atoms with Crippen LogP contribution in [0.15, 0.2) is 12.5 Å². The van der Waals surface area contributed by atoms with Crippen LogP contribution in [0.3, 0.4) is 0 Å². The SMILES string of the molecule is O=C(NC1CCCC1)[C@H]1CN(C(=O)C2CCC2)Cc2cncn21. The molecule has 0 aromatic carbocycles. The Labute approximate surface area is 136 Å². The monoisotopic (exact) mass is 316 g/mol. The van der Waals surface area contributed by atoms with Gasteiger partial charge in [-0.25, -0.2) is 4.98 Å². The Balaban J connectivity index is 1.50. The van der Waals surface area contributed by atoms with Crippen molar-refractivity contribution >= 4 is 11.8 Å². The third-order valence-corrected chi connectivity index (χ3v) is 5.60. The lowest BCUT2D eigenvalue weighted by atomic mass is 9.84. The number of amides is 2. The van der Waals surface area contributed by atoms with E-state index in [1.807, 2.05) is 9.47 Å². The fraction of sp³-hybridized carbons (Fsp3) is 0.706. The van der Waals surface area contributed by atoms with Crippen LogP contribution in [0.1, 0.15) is 56.7 Å². The topological polar surface area (TPSA) is 67.2 Å². The van der Waals surface area contributed by atoms with Crippen LogP contribution in [0, 0.1) is 5.92 Å². The lowest BCUT2D eigenvalue weighted by Gasteiger charge is -2.37. The molecule has 0 spiro atoms. The van der Waals surface area contributed by atoms with Crippen molar-refractivity contribution in [2.75, 3.05) is 6.54 Å². The zero-order valence-electron chi connectivity index (χ0n) is 13.4. The van der Waals surface area contributed by atoms with Gasteiger partial charge in [-0.05, 0) is 25.7 Å². The van der Waals surface area contributed by atoms with Gasteiger partial charge in [-0.1, -0.05) is 19.3 Å². The molecule has 1 N–H and O–H groups in total. The molecule has 0 saturated heterocycles. The van der Waals surface area contributed by atoms with Crippen molar-refractivity contribution in [2.45, 2.75) is 63.6 Å². The van der Waals surface area contributed by atoms with Crippen molar-refractivity contribution in [1.29, 1.82) is 0 Å². The zero-order valence-corrected chi connectivity index (χ0v) is 13.4. The average molecular weight is 316 g/mol. The van der Waals surface area contributed by atoms with Gasteiger partial charge in [0.2, 0.25) is 11.8 Å². The number of nitrogens with one attached hydrogen (secondary N) is 1. The van der Waals surface area contributed by atoms with Crippen LogP contribution < -0.4 is 5.32 Å². The van der Waals surface area contributed by atoms with E-state index >= 15 is 0 Å². The second-order valence-corrected chi connectivity index (χ2v) is 7.14. The van der Waals surface area contributed by atoms with Gasteiger partial charge < -0.3 is 14.8 Å². The normalized spacial score (nSPS) is 25.0. The van der Waals surface area contributed by atoms with E-state index < -0.39 is 0 Å².